The summed E-state index contributed by atoms with van der Waals surface area (Å²) in [6.45, 7) is 2.58. The van der Waals surface area contributed by atoms with Crippen LogP contribution in [0.2, 0.25) is 0 Å². The molecule has 24 heavy (non-hydrogen) atoms. The van der Waals surface area contributed by atoms with Gasteiger partial charge in [0.15, 0.2) is 0 Å². The van der Waals surface area contributed by atoms with Crippen molar-refractivity contribution >= 4 is 5.97 Å². The van der Waals surface area contributed by atoms with E-state index in [-0.39, 0.29) is 12.1 Å². The van der Waals surface area contributed by atoms with Crippen molar-refractivity contribution in [3.63, 3.8) is 0 Å². The average Bonchev–Trinajstić information content (AvgIpc) is 3.06. The number of ether oxygens (including phenoxy) is 2. The Bertz CT molecular complexity index is 678. The molecule has 0 heterocycles. The van der Waals surface area contributed by atoms with Crippen LogP contribution in [-0.4, -0.2) is 19.2 Å². The Morgan fingerprint density at radius 1 is 1.12 bits per heavy atom. The lowest BCUT2D eigenvalue weighted by Gasteiger charge is -2.33. The molecule has 0 spiro atoms. The first-order chi connectivity index (χ1) is 11.7. The Morgan fingerprint density at radius 3 is 2.50 bits per heavy atom. The molecule has 3 rings (SSSR count). The van der Waals surface area contributed by atoms with E-state index in [4.69, 9.17) is 9.47 Å². The minimum Gasteiger partial charge on any atom is -0.468 e. The van der Waals surface area contributed by atoms with Crippen LogP contribution in [-0.2, 0) is 26.3 Å². The van der Waals surface area contributed by atoms with Crippen molar-refractivity contribution in [2.45, 2.75) is 44.3 Å². The van der Waals surface area contributed by atoms with Crippen molar-refractivity contribution in [1.29, 1.82) is 0 Å². The quantitative estimate of drug-likeness (QED) is 0.774. The zero-order valence-corrected chi connectivity index (χ0v) is 14.3. The molecule has 0 bridgehead atoms. The number of carbonyl (C=O) groups is 1. The lowest BCUT2D eigenvalue weighted by atomic mass is 9.77. The van der Waals surface area contributed by atoms with Crippen LogP contribution < -0.4 is 0 Å². The van der Waals surface area contributed by atoms with Crippen LogP contribution in [0, 0.1) is 6.92 Å². The molecule has 1 fully saturated rings. The highest BCUT2D eigenvalue weighted by Gasteiger charge is 2.52. The maximum atomic E-state index is 12.7. The molecule has 1 aliphatic carbocycles. The smallest absolute Gasteiger partial charge is 0.318 e. The van der Waals surface area contributed by atoms with Gasteiger partial charge >= 0.3 is 5.97 Å². The highest BCUT2D eigenvalue weighted by Crippen LogP contribution is 2.44. The number of rotatable bonds is 5. The highest BCUT2D eigenvalue weighted by molar-refractivity contribution is 5.84. The molecule has 0 N–H and O–H groups in total. The third kappa shape index (κ3) is 3.09. The van der Waals surface area contributed by atoms with E-state index in [9.17, 15) is 4.79 Å². The van der Waals surface area contributed by atoms with Crippen LogP contribution in [0.1, 0.15) is 36.0 Å². The molecule has 0 saturated heterocycles. The van der Waals surface area contributed by atoms with E-state index in [2.05, 4.69) is 31.2 Å². The molecule has 2 aromatic carbocycles. The summed E-state index contributed by atoms with van der Waals surface area (Å²) >= 11 is 0. The van der Waals surface area contributed by atoms with Crippen LogP contribution in [0.25, 0.3) is 0 Å². The van der Waals surface area contributed by atoms with Crippen molar-refractivity contribution in [3.8, 4) is 0 Å². The number of hydrogen-bond donors (Lipinski definition) is 0. The fourth-order valence-electron chi connectivity index (χ4n) is 3.68. The summed E-state index contributed by atoms with van der Waals surface area (Å²) in [4.78, 5) is 12.7. The van der Waals surface area contributed by atoms with E-state index in [0.717, 1.165) is 30.4 Å². The molecule has 0 aliphatic heterocycles. The molecule has 0 amide bonds. The second-order valence-corrected chi connectivity index (χ2v) is 6.51. The molecule has 3 nitrogen and oxygen atoms in total. The molecule has 0 radical (unpaired) electrons. The summed E-state index contributed by atoms with van der Waals surface area (Å²) in [6, 6.07) is 18.2. The van der Waals surface area contributed by atoms with Crippen molar-refractivity contribution in [2.75, 3.05) is 7.11 Å². The van der Waals surface area contributed by atoms with Gasteiger partial charge in [-0.15, -0.1) is 0 Å². The largest absolute Gasteiger partial charge is 0.468 e. The maximum Gasteiger partial charge on any atom is 0.318 e. The Balaban J connectivity index is 1.85. The molecule has 2 atom stereocenters. The summed E-state index contributed by atoms with van der Waals surface area (Å²) in [6.07, 6.45) is 2.44. The van der Waals surface area contributed by atoms with Gasteiger partial charge in [-0.25, -0.2) is 0 Å². The predicted octanol–water partition coefficient (Wildman–Crippen LogP) is 4.18. The molecule has 3 heteroatoms. The van der Waals surface area contributed by atoms with Gasteiger partial charge in [-0.05, 0) is 37.3 Å². The molecule has 1 aliphatic rings. The van der Waals surface area contributed by atoms with E-state index in [0.29, 0.717) is 6.61 Å². The van der Waals surface area contributed by atoms with Gasteiger partial charge in [-0.3, -0.25) is 4.79 Å². The number of esters is 1. The Hall–Kier alpha value is -2.13. The summed E-state index contributed by atoms with van der Waals surface area (Å²) in [5, 5.41) is 0. The summed E-state index contributed by atoms with van der Waals surface area (Å²) < 4.78 is 11.4. The number of carbonyl (C=O) groups excluding carboxylic acids is 1. The Labute approximate surface area is 143 Å². The summed E-state index contributed by atoms with van der Waals surface area (Å²) in [5.41, 5.74) is 2.65. The minimum atomic E-state index is -0.694. The summed E-state index contributed by atoms with van der Waals surface area (Å²) in [7, 11) is 1.46. The topological polar surface area (TPSA) is 35.5 Å². The third-order valence-electron chi connectivity index (χ3n) is 5.00. The number of benzene rings is 2. The fourth-order valence-corrected chi connectivity index (χ4v) is 3.68. The van der Waals surface area contributed by atoms with Gasteiger partial charge in [0.2, 0.25) is 0 Å². The van der Waals surface area contributed by atoms with Crippen LogP contribution >= 0.6 is 0 Å². The molecule has 2 aromatic rings. The van der Waals surface area contributed by atoms with Gasteiger partial charge in [0.05, 0.1) is 19.8 Å². The SMILES string of the molecule is COC(=O)C1(c2ccccc2)CCCC1OCc1ccc(C)cc1. The van der Waals surface area contributed by atoms with E-state index >= 15 is 0 Å². The minimum absolute atomic E-state index is 0.159. The van der Waals surface area contributed by atoms with E-state index in [1.807, 2.05) is 30.3 Å². The van der Waals surface area contributed by atoms with Gasteiger partial charge in [-0.2, -0.15) is 0 Å². The lowest BCUT2D eigenvalue weighted by Crippen LogP contribution is -2.45. The van der Waals surface area contributed by atoms with Crippen molar-refractivity contribution in [2.24, 2.45) is 0 Å². The second kappa shape index (κ2) is 7.18. The number of methoxy groups -OCH3 is 1. The standard InChI is InChI=1S/C21H24O3/c1-16-10-12-17(13-11-16)15-24-19-9-6-14-21(19,20(22)23-2)18-7-4-3-5-8-18/h3-5,7-8,10-13,19H,6,9,14-15H2,1-2H3. The lowest BCUT2D eigenvalue weighted by molar-refractivity contribution is -0.153. The van der Waals surface area contributed by atoms with Crippen LogP contribution in [0.5, 0.6) is 0 Å². The first kappa shape index (κ1) is 16.7. The zero-order valence-electron chi connectivity index (χ0n) is 14.3. The molecule has 2 unspecified atom stereocenters. The Morgan fingerprint density at radius 2 is 1.83 bits per heavy atom. The molecular formula is C21H24O3. The zero-order chi connectivity index (χ0) is 17.0. The van der Waals surface area contributed by atoms with Gasteiger partial charge in [0.1, 0.15) is 5.41 Å². The van der Waals surface area contributed by atoms with Gasteiger partial charge in [0, 0.05) is 0 Å². The monoisotopic (exact) mass is 324 g/mol. The first-order valence-corrected chi connectivity index (χ1v) is 8.48. The average molecular weight is 324 g/mol. The number of hydrogen-bond acceptors (Lipinski definition) is 3. The Kier molecular flexibility index (Phi) is 5.00. The van der Waals surface area contributed by atoms with E-state index in [1.165, 1.54) is 12.7 Å². The van der Waals surface area contributed by atoms with Crippen LogP contribution in [0.4, 0.5) is 0 Å². The third-order valence-corrected chi connectivity index (χ3v) is 5.00. The van der Waals surface area contributed by atoms with E-state index < -0.39 is 5.41 Å². The van der Waals surface area contributed by atoms with Gasteiger partial charge in [-0.1, -0.05) is 60.2 Å². The normalized spacial score (nSPS) is 23.2. The van der Waals surface area contributed by atoms with Gasteiger partial charge in [0.25, 0.3) is 0 Å². The first-order valence-electron chi connectivity index (χ1n) is 8.48. The van der Waals surface area contributed by atoms with Crippen LogP contribution in [0.15, 0.2) is 54.6 Å². The van der Waals surface area contributed by atoms with Crippen molar-refractivity contribution in [1.82, 2.24) is 0 Å². The molecule has 126 valence electrons. The molecule has 0 aromatic heterocycles. The summed E-state index contributed by atoms with van der Waals surface area (Å²) in [5.74, 6) is -0.194. The van der Waals surface area contributed by atoms with Crippen molar-refractivity contribution in [3.05, 3.63) is 71.3 Å². The number of aryl methyl sites for hydroxylation is 1. The second-order valence-electron chi connectivity index (χ2n) is 6.51. The fraction of sp³-hybridized carbons (Fsp3) is 0.381. The molecule has 1 saturated carbocycles. The van der Waals surface area contributed by atoms with Crippen molar-refractivity contribution < 1.29 is 14.3 Å². The van der Waals surface area contributed by atoms with E-state index in [1.54, 1.807) is 0 Å². The predicted molar refractivity (Wildman–Crippen MR) is 93.7 cm³/mol. The maximum absolute atomic E-state index is 12.7. The van der Waals surface area contributed by atoms with Gasteiger partial charge < -0.3 is 9.47 Å². The highest BCUT2D eigenvalue weighted by atomic mass is 16.5. The van der Waals surface area contributed by atoms with Crippen LogP contribution in [0.3, 0.4) is 0 Å². The molecular weight excluding hydrogens is 300 g/mol.